The molecule has 21 heavy (non-hydrogen) atoms. The summed E-state index contributed by atoms with van der Waals surface area (Å²) in [6.07, 6.45) is 1.45. The van der Waals surface area contributed by atoms with Crippen LogP contribution in [-0.2, 0) is 0 Å². The number of rotatable bonds is 3. The van der Waals surface area contributed by atoms with Crippen molar-refractivity contribution < 1.29 is 9.90 Å². The normalized spacial score (nSPS) is 17.4. The highest BCUT2D eigenvalue weighted by molar-refractivity contribution is 9.10. The fourth-order valence-electron chi connectivity index (χ4n) is 2.58. The number of carbonyl (C=O) groups is 1. The van der Waals surface area contributed by atoms with Gasteiger partial charge in [-0.25, -0.2) is 4.79 Å². The van der Waals surface area contributed by atoms with Crippen LogP contribution in [0.25, 0.3) is 0 Å². The smallest absolute Gasteiger partial charge is 0.319 e. The Morgan fingerprint density at radius 2 is 2.00 bits per heavy atom. The lowest BCUT2D eigenvalue weighted by molar-refractivity contribution is 0.115. The first kappa shape index (κ1) is 16.1. The van der Waals surface area contributed by atoms with Gasteiger partial charge in [0.1, 0.15) is 0 Å². The van der Waals surface area contributed by atoms with Crippen LogP contribution in [0.4, 0.5) is 10.5 Å². The molecule has 1 heterocycles. The highest BCUT2D eigenvalue weighted by Crippen LogP contribution is 2.30. The van der Waals surface area contributed by atoms with E-state index in [2.05, 4.69) is 21.2 Å². The summed E-state index contributed by atoms with van der Waals surface area (Å²) >= 11 is 3.52. The van der Waals surface area contributed by atoms with Crippen LogP contribution < -0.4 is 5.32 Å². The van der Waals surface area contributed by atoms with Gasteiger partial charge in [-0.05, 0) is 40.9 Å². The zero-order valence-corrected chi connectivity index (χ0v) is 14.1. The van der Waals surface area contributed by atoms with E-state index in [1.54, 1.807) is 19.0 Å². The number of amides is 2. The third-order valence-electron chi connectivity index (χ3n) is 3.95. The Morgan fingerprint density at radius 1 is 1.38 bits per heavy atom. The van der Waals surface area contributed by atoms with Gasteiger partial charge in [-0.1, -0.05) is 12.1 Å². The summed E-state index contributed by atoms with van der Waals surface area (Å²) in [5, 5.41) is 13.3. The molecule has 0 aliphatic carbocycles. The van der Waals surface area contributed by atoms with Crippen molar-refractivity contribution in [2.75, 3.05) is 39.1 Å². The molecule has 1 aliphatic rings. The van der Waals surface area contributed by atoms with Crippen LogP contribution in [-0.4, -0.2) is 60.3 Å². The van der Waals surface area contributed by atoms with Crippen molar-refractivity contribution in [3.63, 3.8) is 0 Å². The van der Waals surface area contributed by atoms with Crippen LogP contribution >= 0.6 is 15.9 Å². The Kier molecular flexibility index (Phi) is 5.11. The topological polar surface area (TPSA) is 55.8 Å². The fourth-order valence-corrected chi connectivity index (χ4v) is 2.96. The highest BCUT2D eigenvalue weighted by atomic mass is 79.9. The molecule has 116 valence electrons. The zero-order chi connectivity index (χ0) is 15.5. The molecule has 0 spiro atoms. The molecule has 2 rings (SSSR count). The van der Waals surface area contributed by atoms with E-state index in [0.29, 0.717) is 13.1 Å². The summed E-state index contributed by atoms with van der Waals surface area (Å²) in [5.41, 5.74) is 0.603. The average molecular weight is 356 g/mol. The molecule has 2 N–H and O–H groups in total. The number of benzene rings is 1. The van der Waals surface area contributed by atoms with Crippen molar-refractivity contribution in [3.05, 3.63) is 28.7 Å². The number of anilines is 1. The summed E-state index contributed by atoms with van der Waals surface area (Å²) in [5.74, 6) is 0. The maximum Gasteiger partial charge on any atom is 0.319 e. The van der Waals surface area contributed by atoms with E-state index >= 15 is 0 Å². The third-order valence-corrected chi connectivity index (χ3v) is 4.64. The lowest BCUT2D eigenvalue weighted by Crippen LogP contribution is -2.54. The minimum Gasteiger partial charge on any atom is -0.394 e. The van der Waals surface area contributed by atoms with Crippen LogP contribution in [0.2, 0.25) is 0 Å². The number of aliphatic hydroxyl groups is 1. The Hall–Kier alpha value is -1.27. The van der Waals surface area contributed by atoms with Crippen molar-refractivity contribution in [3.8, 4) is 0 Å². The van der Waals surface area contributed by atoms with Gasteiger partial charge in [-0.3, -0.25) is 0 Å². The molecule has 2 amide bonds. The maximum absolute atomic E-state index is 12.0. The van der Waals surface area contributed by atoms with Crippen molar-refractivity contribution >= 4 is 27.6 Å². The standard InChI is InChI=1S/C15H22BrN3O2/c1-18(2)14(21)19-9-7-15(11-20,8-10-19)17-13-6-4-3-5-12(13)16/h3-6,17,20H,7-11H2,1-2H3. The van der Waals surface area contributed by atoms with Crippen LogP contribution in [0.1, 0.15) is 12.8 Å². The molecule has 6 heteroatoms. The van der Waals surface area contributed by atoms with Crippen molar-refractivity contribution in [2.45, 2.75) is 18.4 Å². The number of nitrogens with zero attached hydrogens (tertiary/aromatic N) is 2. The van der Waals surface area contributed by atoms with Gasteiger partial charge >= 0.3 is 6.03 Å². The second-order valence-electron chi connectivity index (χ2n) is 5.71. The number of halogens is 1. The van der Waals surface area contributed by atoms with Crippen LogP contribution in [0.3, 0.4) is 0 Å². The lowest BCUT2D eigenvalue weighted by Gasteiger charge is -2.42. The maximum atomic E-state index is 12.0. The fraction of sp³-hybridized carbons (Fsp3) is 0.533. The van der Waals surface area contributed by atoms with Crippen molar-refractivity contribution in [1.82, 2.24) is 9.80 Å². The molecule has 0 bridgehead atoms. The van der Waals surface area contributed by atoms with E-state index in [0.717, 1.165) is 23.0 Å². The zero-order valence-electron chi connectivity index (χ0n) is 12.5. The highest BCUT2D eigenvalue weighted by Gasteiger charge is 2.36. The minimum atomic E-state index is -0.368. The Morgan fingerprint density at radius 3 is 2.52 bits per heavy atom. The van der Waals surface area contributed by atoms with E-state index < -0.39 is 0 Å². The van der Waals surface area contributed by atoms with Gasteiger partial charge < -0.3 is 20.2 Å². The third kappa shape index (κ3) is 3.68. The number of para-hydroxylation sites is 1. The number of aliphatic hydroxyl groups excluding tert-OH is 1. The minimum absolute atomic E-state index is 0.0300. The first-order valence-electron chi connectivity index (χ1n) is 7.07. The van der Waals surface area contributed by atoms with Gasteiger partial charge in [0.15, 0.2) is 0 Å². The lowest BCUT2D eigenvalue weighted by atomic mass is 9.88. The summed E-state index contributed by atoms with van der Waals surface area (Å²) in [6.45, 7) is 1.35. The summed E-state index contributed by atoms with van der Waals surface area (Å²) in [7, 11) is 3.52. The van der Waals surface area contributed by atoms with Crippen LogP contribution in [0.5, 0.6) is 0 Å². The number of piperidine rings is 1. The number of likely N-dealkylation sites (tertiary alicyclic amines) is 1. The molecular formula is C15H22BrN3O2. The average Bonchev–Trinajstić information content (AvgIpc) is 2.49. The summed E-state index contributed by atoms with van der Waals surface area (Å²) in [6, 6.07) is 7.90. The molecular weight excluding hydrogens is 334 g/mol. The predicted octanol–water partition coefficient (Wildman–Crippen LogP) is 2.37. The quantitative estimate of drug-likeness (QED) is 0.874. The van der Waals surface area contributed by atoms with E-state index in [-0.39, 0.29) is 18.2 Å². The molecule has 0 aromatic heterocycles. The van der Waals surface area contributed by atoms with Gasteiger partial charge in [-0.15, -0.1) is 0 Å². The van der Waals surface area contributed by atoms with Crippen LogP contribution in [0, 0.1) is 0 Å². The summed E-state index contributed by atoms with van der Waals surface area (Å²) < 4.78 is 0.977. The second-order valence-corrected chi connectivity index (χ2v) is 6.56. The largest absolute Gasteiger partial charge is 0.394 e. The molecule has 1 aliphatic heterocycles. The number of hydrogen-bond donors (Lipinski definition) is 2. The van der Waals surface area contributed by atoms with Gasteiger partial charge in [-0.2, -0.15) is 0 Å². The predicted molar refractivity (Wildman–Crippen MR) is 87.5 cm³/mol. The van der Waals surface area contributed by atoms with Gasteiger partial charge in [0.25, 0.3) is 0 Å². The molecule has 5 nitrogen and oxygen atoms in total. The van der Waals surface area contributed by atoms with Gasteiger partial charge in [0, 0.05) is 37.3 Å². The monoisotopic (exact) mass is 355 g/mol. The molecule has 1 aromatic carbocycles. The molecule has 0 unspecified atom stereocenters. The molecule has 0 saturated carbocycles. The number of urea groups is 1. The number of carbonyl (C=O) groups excluding carboxylic acids is 1. The Labute approximate surface area is 134 Å². The molecule has 0 radical (unpaired) electrons. The number of hydrogen-bond acceptors (Lipinski definition) is 3. The number of nitrogens with one attached hydrogen (secondary N) is 1. The van der Waals surface area contributed by atoms with Crippen LogP contribution in [0.15, 0.2) is 28.7 Å². The van der Waals surface area contributed by atoms with Crippen molar-refractivity contribution in [2.24, 2.45) is 0 Å². The van der Waals surface area contributed by atoms with E-state index in [9.17, 15) is 9.90 Å². The first-order chi connectivity index (χ1) is 9.97. The Bertz CT molecular complexity index is 499. The Balaban J connectivity index is 2.05. The molecule has 1 fully saturated rings. The van der Waals surface area contributed by atoms with Gasteiger partial charge in [0.2, 0.25) is 0 Å². The first-order valence-corrected chi connectivity index (χ1v) is 7.86. The second kappa shape index (κ2) is 6.66. The van der Waals surface area contributed by atoms with E-state index in [1.807, 2.05) is 29.2 Å². The SMILES string of the molecule is CN(C)C(=O)N1CCC(CO)(Nc2ccccc2Br)CC1. The molecule has 0 atom stereocenters. The molecule has 1 saturated heterocycles. The molecule has 1 aromatic rings. The van der Waals surface area contributed by atoms with E-state index in [4.69, 9.17) is 0 Å². The van der Waals surface area contributed by atoms with Gasteiger partial charge in [0.05, 0.1) is 12.1 Å². The van der Waals surface area contributed by atoms with Crippen molar-refractivity contribution in [1.29, 1.82) is 0 Å². The van der Waals surface area contributed by atoms with E-state index in [1.165, 1.54) is 0 Å². The summed E-state index contributed by atoms with van der Waals surface area (Å²) in [4.78, 5) is 15.4.